The van der Waals surface area contributed by atoms with Crippen LogP contribution in [0, 0.1) is 6.92 Å². The molecule has 2 rings (SSSR count). The minimum absolute atomic E-state index is 0.210. The number of aromatic nitrogens is 3. The summed E-state index contributed by atoms with van der Waals surface area (Å²) in [4.78, 5) is 16.9. The van der Waals surface area contributed by atoms with E-state index < -0.39 is 0 Å². The molecule has 0 saturated carbocycles. The maximum Gasteiger partial charge on any atom is 0.235 e. The van der Waals surface area contributed by atoms with Crippen LogP contribution >= 0.6 is 11.6 Å². The molecule has 1 aromatic carbocycles. The first kappa shape index (κ1) is 15.5. The van der Waals surface area contributed by atoms with Crippen molar-refractivity contribution in [3.63, 3.8) is 0 Å². The summed E-state index contributed by atoms with van der Waals surface area (Å²) in [5.74, 6) is 1.15. The molecule has 6 heteroatoms. The maximum atomic E-state index is 6.06. The van der Waals surface area contributed by atoms with E-state index in [4.69, 9.17) is 11.6 Å². The third-order valence-corrected chi connectivity index (χ3v) is 3.49. The van der Waals surface area contributed by atoms with E-state index in [0.29, 0.717) is 11.9 Å². The number of anilines is 3. The van der Waals surface area contributed by atoms with Gasteiger partial charge in [-0.15, -0.1) is 0 Å². The summed E-state index contributed by atoms with van der Waals surface area (Å²) in [5.41, 5.74) is 2.20. The van der Waals surface area contributed by atoms with Crippen LogP contribution in [0.25, 0.3) is 0 Å². The first-order valence-corrected chi connectivity index (χ1v) is 7.39. The first-order chi connectivity index (χ1) is 10.0. The highest BCUT2D eigenvalue weighted by Crippen LogP contribution is 2.23. The molecule has 1 aromatic heterocycles. The smallest absolute Gasteiger partial charge is 0.235 e. The van der Waals surface area contributed by atoms with Gasteiger partial charge in [-0.2, -0.15) is 15.0 Å². The van der Waals surface area contributed by atoms with Crippen LogP contribution in [0.3, 0.4) is 0 Å². The van der Waals surface area contributed by atoms with Gasteiger partial charge in [0.1, 0.15) is 0 Å². The highest BCUT2D eigenvalue weighted by molar-refractivity contribution is 6.28. The van der Waals surface area contributed by atoms with Gasteiger partial charge in [-0.3, -0.25) is 0 Å². The summed E-state index contributed by atoms with van der Waals surface area (Å²) in [7, 11) is 1.92. The number of hydrogen-bond donors (Lipinski definition) is 0. The predicted octanol–water partition coefficient (Wildman–Crippen LogP) is 3.45. The number of benzene rings is 1. The molecule has 0 saturated heterocycles. The lowest BCUT2D eigenvalue weighted by atomic mass is 10.2. The number of nitrogens with zero attached hydrogens (tertiary/aromatic N) is 5. The average Bonchev–Trinajstić information content (AvgIpc) is 2.47. The third-order valence-electron chi connectivity index (χ3n) is 3.32. The van der Waals surface area contributed by atoms with Crippen molar-refractivity contribution in [3.05, 3.63) is 35.1 Å². The Kier molecular flexibility index (Phi) is 4.96. The Morgan fingerprint density at radius 1 is 1.05 bits per heavy atom. The normalized spacial score (nSPS) is 10.5. The van der Waals surface area contributed by atoms with Crippen LogP contribution in [0.2, 0.25) is 5.28 Å². The van der Waals surface area contributed by atoms with Crippen molar-refractivity contribution in [2.24, 2.45) is 0 Å². The number of rotatable bonds is 5. The highest BCUT2D eigenvalue weighted by atomic mass is 35.5. The fourth-order valence-electron chi connectivity index (χ4n) is 2.08. The summed E-state index contributed by atoms with van der Waals surface area (Å²) >= 11 is 6.06. The monoisotopic (exact) mass is 305 g/mol. The standard InChI is InChI=1S/C15H20ClN5/c1-5-21(6-2)15-18-13(16)17-14(19-15)20(4)12-9-7-8-11(3)10-12/h7-10H,5-6H2,1-4H3. The second kappa shape index (κ2) is 6.72. The van der Waals surface area contributed by atoms with E-state index in [2.05, 4.69) is 47.9 Å². The Balaban J connectivity index is 2.39. The van der Waals surface area contributed by atoms with Crippen molar-refractivity contribution in [3.8, 4) is 0 Å². The van der Waals surface area contributed by atoms with Gasteiger partial charge in [0.2, 0.25) is 17.2 Å². The van der Waals surface area contributed by atoms with Crippen LogP contribution < -0.4 is 9.80 Å². The molecule has 0 bridgehead atoms. The maximum absolute atomic E-state index is 6.06. The largest absolute Gasteiger partial charge is 0.341 e. The summed E-state index contributed by atoms with van der Waals surface area (Å²) < 4.78 is 0. The molecule has 0 fully saturated rings. The molecular weight excluding hydrogens is 286 g/mol. The molecule has 0 amide bonds. The Bertz CT molecular complexity index is 613. The van der Waals surface area contributed by atoms with Crippen molar-refractivity contribution in [2.45, 2.75) is 20.8 Å². The number of aryl methyl sites for hydroxylation is 1. The van der Waals surface area contributed by atoms with Gasteiger partial charge >= 0.3 is 0 Å². The van der Waals surface area contributed by atoms with Gasteiger partial charge in [0.25, 0.3) is 0 Å². The summed E-state index contributed by atoms with van der Waals surface area (Å²) in [5, 5.41) is 0.210. The van der Waals surface area contributed by atoms with Crippen LogP contribution in [0.4, 0.5) is 17.6 Å². The molecule has 5 nitrogen and oxygen atoms in total. The van der Waals surface area contributed by atoms with Gasteiger partial charge in [0, 0.05) is 25.8 Å². The molecule has 0 unspecified atom stereocenters. The van der Waals surface area contributed by atoms with Gasteiger partial charge in [0.15, 0.2) is 0 Å². The molecule has 0 N–H and O–H groups in total. The zero-order valence-corrected chi connectivity index (χ0v) is 13.6. The van der Waals surface area contributed by atoms with Gasteiger partial charge < -0.3 is 9.80 Å². The van der Waals surface area contributed by atoms with Gasteiger partial charge in [0.05, 0.1) is 0 Å². The minimum Gasteiger partial charge on any atom is -0.341 e. The molecule has 0 aliphatic rings. The average molecular weight is 306 g/mol. The molecule has 21 heavy (non-hydrogen) atoms. The molecule has 2 aromatic rings. The van der Waals surface area contributed by atoms with E-state index in [1.807, 2.05) is 29.0 Å². The third kappa shape index (κ3) is 3.61. The highest BCUT2D eigenvalue weighted by Gasteiger charge is 2.14. The van der Waals surface area contributed by atoms with Gasteiger partial charge in [-0.05, 0) is 50.1 Å². The molecule has 1 heterocycles. The minimum atomic E-state index is 0.210. The molecule has 0 spiro atoms. The predicted molar refractivity (Wildman–Crippen MR) is 87.6 cm³/mol. The lowest BCUT2D eigenvalue weighted by Gasteiger charge is -2.22. The molecule has 0 aliphatic carbocycles. The SMILES string of the molecule is CCN(CC)c1nc(Cl)nc(N(C)c2cccc(C)c2)n1. The fraction of sp³-hybridized carbons (Fsp3) is 0.400. The van der Waals surface area contributed by atoms with Crippen LogP contribution in [-0.4, -0.2) is 35.1 Å². The molecule has 0 atom stereocenters. The summed E-state index contributed by atoms with van der Waals surface area (Å²) in [6, 6.07) is 8.16. The van der Waals surface area contributed by atoms with Gasteiger partial charge in [-0.1, -0.05) is 12.1 Å². The van der Waals surface area contributed by atoms with E-state index >= 15 is 0 Å². The quantitative estimate of drug-likeness (QED) is 0.846. The Morgan fingerprint density at radius 2 is 1.71 bits per heavy atom. The second-order valence-electron chi connectivity index (χ2n) is 4.77. The zero-order chi connectivity index (χ0) is 15.4. The lowest BCUT2D eigenvalue weighted by Crippen LogP contribution is -2.25. The van der Waals surface area contributed by atoms with Crippen molar-refractivity contribution < 1.29 is 0 Å². The zero-order valence-electron chi connectivity index (χ0n) is 12.8. The van der Waals surface area contributed by atoms with E-state index in [9.17, 15) is 0 Å². The van der Waals surface area contributed by atoms with Crippen LogP contribution in [0.15, 0.2) is 24.3 Å². The molecular formula is C15H20ClN5. The molecule has 0 aliphatic heterocycles. The van der Waals surface area contributed by atoms with E-state index in [0.717, 1.165) is 18.8 Å². The summed E-state index contributed by atoms with van der Waals surface area (Å²) in [6.07, 6.45) is 0. The Hall–Kier alpha value is -1.88. The second-order valence-corrected chi connectivity index (χ2v) is 5.11. The molecule has 112 valence electrons. The van der Waals surface area contributed by atoms with Gasteiger partial charge in [-0.25, -0.2) is 0 Å². The van der Waals surface area contributed by atoms with E-state index in [1.54, 1.807) is 0 Å². The van der Waals surface area contributed by atoms with E-state index in [1.165, 1.54) is 5.56 Å². The van der Waals surface area contributed by atoms with Crippen molar-refractivity contribution in [1.82, 2.24) is 15.0 Å². The Morgan fingerprint density at radius 3 is 2.33 bits per heavy atom. The Labute approximate surface area is 130 Å². The lowest BCUT2D eigenvalue weighted by molar-refractivity contribution is 0.808. The number of halogens is 1. The first-order valence-electron chi connectivity index (χ1n) is 7.02. The van der Waals surface area contributed by atoms with Crippen LogP contribution in [-0.2, 0) is 0 Å². The van der Waals surface area contributed by atoms with Crippen molar-refractivity contribution in [2.75, 3.05) is 29.9 Å². The molecule has 0 radical (unpaired) electrons. The fourth-order valence-corrected chi connectivity index (χ4v) is 2.23. The van der Waals surface area contributed by atoms with Crippen LogP contribution in [0.5, 0.6) is 0 Å². The van der Waals surface area contributed by atoms with Crippen LogP contribution in [0.1, 0.15) is 19.4 Å². The van der Waals surface area contributed by atoms with E-state index in [-0.39, 0.29) is 5.28 Å². The summed E-state index contributed by atoms with van der Waals surface area (Å²) in [6.45, 7) is 7.82. The van der Waals surface area contributed by atoms with Crippen molar-refractivity contribution >= 4 is 29.2 Å². The van der Waals surface area contributed by atoms with Crippen molar-refractivity contribution in [1.29, 1.82) is 0 Å². The topological polar surface area (TPSA) is 45.2 Å². The number of hydrogen-bond acceptors (Lipinski definition) is 5.